The molecule has 4 nitrogen and oxygen atoms in total. The summed E-state index contributed by atoms with van der Waals surface area (Å²) in [6, 6.07) is 19.4. The van der Waals surface area contributed by atoms with Crippen molar-refractivity contribution in [2.45, 2.75) is 19.4 Å². The van der Waals surface area contributed by atoms with Gasteiger partial charge in [-0.05, 0) is 24.3 Å². The van der Waals surface area contributed by atoms with Crippen LogP contribution in [0.25, 0.3) is 0 Å². The number of carbonyl (C=O) groups is 1. The minimum atomic E-state index is -0.129. The van der Waals surface area contributed by atoms with Crippen LogP contribution in [0.4, 0.5) is 0 Å². The Balaban J connectivity index is 1.69. The Hall–Kier alpha value is -2.24. The van der Waals surface area contributed by atoms with E-state index in [-0.39, 0.29) is 11.8 Å². The highest BCUT2D eigenvalue weighted by Crippen LogP contribution is 2.20. The molecule has 142 valence electrons. The molecular weight excluding hydrogens is 354 g/mol. The van der Waals surface area contributed by atoms with E-state index in [0.29, 0.717) is 6.42 Å². The summed E-state index contributed by atoms with van der Waals surface area (Å²) in [4.78, 5) is 17.4. The maximum atomic E-state index is 12.8. The van der Waals surface area contributed by atoms with Crippen LogP contribution in [0.15, 0.2) is 60.7 Å². The lowest BCUT2D eigenvalue weighted by Crippen LogP contribution is -2.52. The number of benzene rings is 2. The first-order valence-corrected chi connectivity index (χ1v) is 9.99. The molecule has 5 heteroatoms. The molecule has 1 fully saturated rings. The number of hydrogen-bond acceptors (Lipinski definition) is 3. The zero-order valence-corrected chi connectivity index (χ0v) is 16.6. The Labute approximate surface area is 167 Å². The summed E-state index contributed by atoms with van der Waals surface area (Å²) in [6.07, 6.45) is 0.378. The number of likely N-dealkylation sites (N-methyl/N-ethyl adjacent to an activating group) is 1. The SMILES string of the molecule is CCN1CCN(C(=S)N[C@@H](CC(=O)c2ccccc2)c2ccccc2)CC1. The first kappa shape index (κ1) is 19.5. The molecule has 2 aromatic carbocycles. The van der Waals surface area contributed by atoms with Gasteiger partial charge in [-0.1, -0.05) is 67.6 Å². The van der Waals surface area contributed by atoms with Crippen LogP contribution in [0.3, 0.4) is 0 Å². The lowest BCUT2D eigenvalue weighted by molar-refractivity contribution is 0.0971. The molecule has 1 saturated heterocycles. The maximum absolute atomic E-state index is 12.8. The van der Waals surface area contributed by atoms with Crippen LogP contribution < -0.4 is 5.32 Å². The lowest BCUT2D eigenvalue weighted by Gasteiger charge is -2.36. The third-order valence-corrected chi connectivity index (χ3v) is 5.47. The Morgan fingerprint density at radius 2 is 1.59 bits per heavy atom. The van der Waals surface area contributed by atoms with E-state index in [1.54, 1.807) is 0 Å². The molecule has 0 unspecified atom stereocenters. The molecule has 1 N–H and O–H groups in total. The van der Waals surface area contributed by atoms with Gasteiger partial charge in [-0.15, -0.1) is 0 Å². The number of Topliss-reactive ketones (excluding diaryl/α,β-unsaturated/α-hetero) is 1. The van der Waals surface area contributed by atoms with Gasteiger partial charge in [0.1, 0.15) is 0 Å². The molecule has 0 aliphatic carbocycles. The highest BCUT2D eigenvalue weighted by molar-refractivity contribution is 7.80. The summed E-state index contributed by atoms with van der Waals surface area (Å²) in [6.45, 7) is 7.16. The molecule has 0 aromatic heterocycles. The van der Waals surface area contributed by atoms with E-state index in [0.717, 1.165) is 49.0 Å². The van der Waals surface area contributed by atoms with Gasteiger partial charge in [0.15, 0.2) is 10.9 Å². The molecule has 1 heterocycles. The summed E-state index contributed by atoms with van der Waals surface area (Å²) in [5.74, 6) is 0.121. The highest BCUT2D eigenvalue weighted by atomic mass is 32.1. The van der Waals surface area contributed by atoms with E-state index in [1.165, 1.54) is 0 Å². The van der Waals surface area contributed by atoms with Gasteiger partial charge in [0.05, 0.1) is 6.04 Å². The van der Waals surface area contributed by atoms with E-state index in [1.807, 2.05) is 60.7 Å². The summed E-state index contributed by atoms with van der Waals surface area (Å²) in [5, 5.41) is 4.19. The molecule has 0 amide bonds. The quantitative estimate of drug-likeness (QED) is 0.612. The van der Waals surface area contributed by atoms with Crippen LogP contribution in [0.2, 0.25) is 0 Å². The lowest BCUT2D eigenvalue weighted by atomic mass is 9.98. The second-order valence-corrected chi connectivity index (χ2v) is 7.21. The van der Waals surface area contributed by atoms with E-state index in [9.17, 15) is 4.79 Å². The van der Waals surface area contributed by atoms with Crippen LogP contribution in [0.5, 0.6) is 0 Å². The van der Waals surface area contributed by atoms with Crippen molar-refractivity contribution < 1.29 is 4.79 Å². The van der Waals surface area contributed by atoms with Crippen LogP contribution in [-0.4, -0.2) is 53.4 Å². The van der Waals surface area contributed by atoms with Crippen molar-refractivity contribution >= 4 is 23.1 Å². The minimum Gasteiger partial charge on any atom is -0.355 e. The molecular formula is C22H27N3OS. The van der Waals surface area contributed by atoms with Crippen molar-refractivity contribution in [3.05, 3.63) is 71.8 Å². The molecule has 0 radical (unpaired) electrons. The fraction of sp³-hybridized carbons (Fsp3) is 0.364. The zero-order valence-electron chi connectivity index (χ0n) is 15.8. The third-order valence-electron chi connectivity index (χ3n) is 5.09. The molecule has 27 heavy (non-hydrogen) atoms. The number of thiocarbonyl (C=S) groups is 1. The van der Waals surface area contributed by atoms with Gasteiger partial charge >= 0.3 is 0 Å². The number of piperazine rings is 1. The largest absolute Gasteiger partial charge is 0.355 e. The molecule has 0 bridgehead atoms. The van der Waals surface area contributed by atoms with Crippen LogP contribution in [0.1, 0.15) is 35.3 Å². The zero-order chi connectivity index (χ0) is 19.1. The van der Waals surface area contributed by atoms with Crippen molar-refractivity contribution in [1.82, 2.24) is 15.1 Å². The molecule has 2 aromatic rings. The van der Waals surface area contributed by atoms with Crippen LogP contribution in [-0.2, 0) is 0 Å². The van der Waals surface area contributed by atoms with E-state index in [2.05, 4.69) is 22.0 Å². The maximum Gasteiger partial charge on any atom is 0.169 e. The number of carbonyl (C=O) groups excluding carboxylic acids is 1. The van der Waals surface area contributed by atoms with Crippen LogP contribution >= 0.6 is 12.2 Å². The molecule has 0 spiro atoms. The molecule has 1 aliphatic rings. The van der Waals surface area contributed by atoms with Gasteiger partial charge in [0.25, 0.3) is 0 Å². The van der Waals surface area contributed by atoms with E-state index < -0.39 is 0 Å². The predicted octanol–water partition coefficient (Wildman–Crippen LogP) is 3.51. The van der Waals surface area contributed by atoms with Gasteiger partial charge in [0.2, 0.25) is 0 Å². The highest BCUT2D eigenvalue weighted by Gasteiger charge is 2.22. The second kappa shape index (κ2) is 9.62. The number of ketones is 1. The van der Waals surface area contributed by atoms with Crippen molar-refractivity contribution in [3.63, 3.8) is 0 Å². The van der Waals surface area contributed by atoms with Crippen molar-refractivity contribution in [3.8, 4) is 0 Å². The number of rotatable bonds is 6. The topological polar surface area (TPSA) is 35.6 Å². The first-order chi connectivity index (χ1) is 13.2. The first-order valence-electron chi connectivity index (χ1n) is 9.58. The Morgan fingerprint density at radius 1 is 1.00 bits per heavy atom. The van der Waals surface area contributed by atoms with Gasteiger partial charge in [0, 0.05) is 38.2 Å². The Morgan fingerprint density at radius 3 is 2.19 bits per heavy atom. The Kier molecular flexibility index (Phi) is 6.96. The summed E-state index contributed by atoms with van der Waals surface area (Å²) < 4.78 is 0. The third kappa shape index (κ3) is 5.37. The van der Waals surface area contributed by atoms with Gasteiger partial charge < -0.3 is 15.1 Å². The monoisotopic (exact) mass is 381 g/mol. The predicted molar refractivity (Wildman–Crippen MR) is 114 cm³/mol. The number of hydrogen-bond donors (Lipinski definition) is 1. The van der Waals surface area contributed by atoms with Crippen molar-refractivity contribution in [2.24, 2.45) is 0 Å². The normalized spacial score (nSPS) is 16.0. The summed E-state index contributed by atoms with van der Waals surface area (Å²) in [5.41, 5.74) is 1.82. The van der Waals surface area contributed by atoms with Gasteiger partial charge in [-0.25, -0.2) is 0 Å². The van der Waals surface area contributed by atoms with E-state index >= 15 is 0 Å². The fourth-order valence-corrected chi connectivity index (χ4v) is 3.70. The van der Waals surface area contributed by atoms with Crippen molar-refractivity contribution in [2.75, 3.05) is 32.7 Å². The van der Waals surface area contributed by atoms with Crippen LogP contribution in [0, 0.1) is 0 Å². The molecule has 1 atom stereocenters. The average molecular weight is 382 g/mol. The molecule has 3 rings (SSSR count). The van der Waals surface area contributed by atoms with Crippen molar-refractivity contribution in [1.29, 1.82) is 0 Å². The smallest absolute Gasteiger partial charge is 0.169 e. The standard InChI is InChI=1S/C22H27N3OS/c1-2-24-13-15-25(16-14-24)22(27)23-20(18-9-5-3-6-10-18)17-21(26)19-11-7-4-8-12-19/h3-12,20H,2,13-17H2,1H3,(H,23,27)/t20-/m0/s1. The van der Waals surface area contributed by atoms with E-state index in [4.69, 9.17) is 12.2 Å². The van der Waals surface area contributed by atoms with Gasteiger partial charge in [-0.2, -0.15) is 0 Å². The summed E-state index contributed by atoms with van der Waals surface area (Å²) in [7, 11) is 0. The fourth-order valence-electron chi connectivity index (χ4n) is 3.37. The Bertz CT molecular complexity index is 743. The van der Waals surface area contributed by atoms with Gasteiger partial charge in [-0.3, -0.25) is 4.79 Å². The number of nitrogens with zero attached hydrogens (tertiary/aromatic N) is 2. The second-order valence-electron chi connectivity index (χ2n) is 6.83. The average Bonchev–Trinajstić information content (AvgIpc) is 2.74. The number of nitrogens with one attached hydrogen (secondary N) is 1. The molecule has 0 saturated carbocycles. The minimum absolute atomic E-state index is 0.121. The summed E-state index contributed by atoms with van der Waals surface area (Å²) >= 11 is 5.68. The molecule has 1 aliphatic heterocycles.